The molecule has 17 heteroatoms. The number of hydrogen-bond acceptors (Lipinski definition) is 16. The molecule has 3 saturated heterocycles. The molecular weight excluding hydrogens is 807 g/mol. The summed E-state index contributed by atoms with van der Waals surface area (Å²) in [4.78, 5) is 16.2. The van der Waals surface area contributed by atoms with Gasteiger partial charge in [0.15, 0.2) is 18.9 Å². The van der Waals surface area contributed by atoms with Crippen LogP contribution in [-0.4, -0.2) is 199 Å². The molecule has 62 heavy (non-hydrogen) atoms. The number of amides is 1. The van der Waals surface area contributed by atoms with E-state index < -0.39 is 96.3 Å². The molecule has 19 unspecified atom stereocenters. The lowest BCUT2D eigenvalue weighted by molar-refractivity contribution is -0.328. The van der Waals surface area contributed by atoms with E-state index >= 15 is 0 Å². The van der Waals surface area contributed by atoms with Crippen LogP contribution in [-0.2, 0) is 42.7 Å². The van der Waals surface area contributed by atoms with Crippen molar-refractivity contribution in [3.8, 4) is 0 Å². The average Bonchev–Trinajstić information content (AvgIpc) is 3.20. The molecule has 3 rings (SSSR count). The predicted octanol–water partition coefficient (Wildman–Crippen LogP) is 2.26. The Bertz CT molecular complexity index is 1330. The Balaban J connectivity index is 2.14. The van der Waals surface area contributed by atoms with Crippen molar-refractivity contribution in [3.63, 3.8) is 0 Å². The molecule has 0 aromatic rings. The zero-order valence-electron chi connectivity index (χ0n) is 40.6. The van der Waals surface area contributed by atoms with Gasteiger partial charge in [-0.05, 0) is 101 Å². The molecule has 17 nitrogen and oxygen atoms in total. The molecule has 3 aliphatic rings. The summed E-state index contributed by atoms with van der Waals surface area (Å²) in [6.07, 6.45) is -8.15. The Kier molecular flexibility index (Phi) is 21.4. The van der Waals surface area contributed by atoms with Gasteiger partial charge in [-0.15, -0.1) is 0 Å². The number of rotatable bonds is 15. The second-order valence-corrected chi connectivity index (χ2v) is 19.5. The second-order valence-electron chi connectivity index (χ2n) is 19.5. The number of carbonyl (C=O) groups is 1. The first-order valence-corrected chi connectivity index (χ1v) is 23.0. The Labute approximate surface area is 372 Å². The minimum absolute atomic E-state index is 0.00819. The number of methoxy groups -OCH3 is 1. The van der Waals surface area contributed by atoms with E-state index in [2.05, 4.69) is 10.2 Å². The molecule has 0 bridgehead atoms. The smallest absolute Gasteiger partial charge is 0.245 e. The second kappa shape index (κ2) is 24.1. The van der Waals surface area contributed by atoms with E-state index in [-0.39, 0.29) is 49.8 Å². The zero-order valence-corrected chi connectivity index (χ0v) is 40.6. The van der Waals surface area contributed by atoms with Crippen LogP contribution < -0.4 is 5.32 Å². The number of aliphatic hydroxyl groups is 5. The maximum absolute atomic E-state index is 12.9. The van der Waals surface area contributed by atoms with Crippen LogP contribution in [0.2, 0.25) is 0 Å². The van der Waals surface area contributed by atoms with Gasteiger partial charge in [-0.25, -0.2) is 0 Å². The summed E-state index contributed by atoms with van der Waals surface area (Å²) in [7, 11) is 7.35. The molecule has 1 amide bonds. The van der Waals surface area contributed by atoms with Gasteiger partial charge in [0.2, 0.25) is 5.91 Å². The van der Waals surface area contributed by atoms with E-state index in [0.717, 1.165) is 0 Å². The summed E-state index contributed by atoms with van der Waals surface area (Å²) in [6.45, 7) is 21.5. The quantitative estimate of drug-likeness (QED) is 0.130. The summed E-state index contributed by atoms with van der Waals surface area (Å²) in [6, 6.07) is -0.654. The molecule has 3 heterocycles. The minimum Gasteiger partial charge on any atom is -0.388 e. The zero-order chi connectivity index (χ0) is 46.9. The van der Waals surface area contributed by atoms with Gasteiger partial charge in [0.1, 0.15) is 30.5 Å². The highest BCUT2D eigenvalue weighted by molar-refractivity contribution is 5.77. The third kappa shape index (κ3) is 14.2. The Morgan fingerprint density at radius 2 is 1.56 bits per heavy atom. The Morgan fingerprint density at radius 1 is 0.903 bits per heavy atom. The topological polar surface area (TPSA) is 211 Å². The fourth-order valence-electron chi connectivity index (χ4n) is 9.80. The summed E-state index contributed by atoms with van der Waals surface area (Å²) in [5.41, 5.74) is -4.32. The van der Waals surface area contributed by atoms with E-state index in [0.29, 0.717) is 39.1 Å². The Hall–Kier alpha value is -1.13. The molecule has 0 aromatic carbocycles. The molecule has 6 N–H and O–H groups in total. The van der Waals surface area contributed by atoms with E-state index in [1.165, 1.54) is 14.0 Å². The van der Waals surface area contributed by atoms with Crippen molar-refractivity contribution in [3.05, 3.63) is 0 Å². The first-order chi connectivity index (χ1) is 28.8. The largest absolute Gasteiger partial charge is 0.388 e. The Morgan fingerprint density at radius 3 is 2.16 bits per heavy atom. The van der Waals surface area contributed by atoms with Gasteiger partial charge in [-0.3, -0.25) is 4.79 Å². The molecule has 3 fully saturated rings. The number of nitrogens with one attached hydrogen (secondary N) is 1. The van der Waals surface area contributed by atoms with Crippen LogP contribution in [0, 0.1) is 17.8 Å². The number of ether oxygens (including phenoxy) is 8. The standard InChI is InChI=1S/C45H87N3O14/c1-16-33-45(11,54)38(50)30(7)48(14)24-26(3)22-43(9,53)40(28(5)36(29(6)41(52)60-33)61-35-23-44(10,55-15)39(51)31(8)59-35)62-42-37(32(47(12)13)21-27(4)58-42)57-20-18-19-46-34(49)25-56-17-2/h26-33,35-42,50-54H,16-25H2,1-15H3,(H,46,49). The normalized spacial score (nSPS) is 44.7. The summed E-state index contributed by atoms with van der Waals surface area (Å²) in [5.74, 6) is -1.87. The van der Waals surface area contributed by atoms with Crippen LogP contribution in [0.15, 0.2) is 0 Å². The van der Waals surface area contributed by atoms with Gasteiger partial charge in [-0.1, -0.05) is 27.7 Å². The first kappa shape index (κ1) is 55.2. The maximum atomic E-state index is 12.9. The van der Waals surface area contributed by atoms with Crippen LogP contribution in [0.3, 0.4) is 0 Å². The summed E-state index contributed by atoms with van der Waals surface area (Å²) < 4.78 is 50.8. The molecule has 19 atom stereocenters. The van der Waals surface area contributed by atoms with Crippen molar-refractivity contribution in [2.24, 2.45) is 17.8 Å². The van der Waals surface area contributed by atoms with Crippen molar-refractivity contribution in [2.45, 2.75) is 205 Å². The van der Waals surface area contributed by atoms with Crippen molar-refractivity contribution in [2.75, 3.05) is 61.2 Å². The van der Waals surface area contributed by atoms with Crippen LogP contribution in [0.5, 0.6) is 0 Å². The third-order valence-corrected chi connectivity index (χ3v) is 13.7. The van der Waals surface area contributed by atoms with Crippen LogP contribution >= 0.6 is 0 Å². The van der Waals surface area contributed by atoms with Gasteiger partial charge in [0.05, 0.1) is 41.7 Å². The number of likely N-dealkylation sites (N-methyl/N-ethyl adjacent to an activating group) is 2. The predicted molar refractivity (Wildman–Crippen MR) is 233 cm³/mol. The van der Waals surface area contributed by atoms with Crippen molar-refractivity contribution < 1.29 is 68.2 Å². The van der Waals surface area contributed by atoms with Gasteiger partial charge in [-0.2, -0.15) is 0 Å². The molecule has 3 aliphatic heterocycles. The van der Waals surface area contributed by atoms with Crippen LogP contribution in [0.4, 0.5) is 0 Å². The van der Waals surface area contributed by atoms with Crippen molar-refractivity contribution >= 4 is 5.91 Å². The monoisotopic (exact) mass is 894 g/mol. The summed E-state index contributed by atoms with van der Waals surface area (Å²) in [5, 5.41) is 62.3. The molecule has 366 valence electrons. The SMILES string of the molecule is CCOCC(=O)NCCCOC1C(OC2C(C)C(OC3CC(C)(OC)C(O)C(C)O3)C(C)C(O)OC(CC)C(C)(O)C(O)C(C)N(C)CC(C)CC2(C)O)OC(C)CC1N(C)C. The fraction of sp³-hybridized carbons (Fsp3) is 0.978. The minimum atomic E-state index is -1.76. The number of hydrogen-bond donors (Lipinski definition) is 6. The lowest BCUT2D eigenvalue weighted by Crippen LogP contribution is -2.61. The molecule has 0 saturated carbocycles. The first-order valence-electron chi connectivity index (χ1n) is 23.0. The van der Waals surface area contributed by atoms with Crippen molar-refractivity contribution in [1.82, 2.24) is 15.1 Å². The number of carbonyl (C=O) groups excluding carboxylic acids is 1. The van der Waals surface area contributed by atoms with Crippen molar-refractivity contribution in [1.29, 1.82) is 0 Å². The van der Waals surface area contributed by atoms with Gasteiger partial charge >= 0.3 is 0 Å². The lowest BCUT2D eigenvalue weighted by atomic mass is 9.77. The fourth-order valence-corrected chi connectivity index (χ4v) is 9.80. The molecule has 0 aromatic heterocycles. The van der Waals surface area contributed by atoms with Gasteiger partial charge in [0, 0.05) is 63.8 Å². The van der Waals surface area contributed by atoms with E-state index in [1.54, 1.807) is 27.7 Å². The number of nitrogens with zero attached hydrogens (tertiary/aromatic N) is 2. The van der Waals surface area contributed by atoms with E-state index in [9.17, 15) is 30.3 Å². The van der Waals surface area contributed by atoms with E-state index in [1.807, 2.05) is 67.6 Å². The third-order valence-electron chi connectivity index (χ3n) is 13.7. The average molecular weight is 894 g/mol. The van der Waals surface area contributed by atoms with Crippen LogP contribution in [0.25, 0.3) is 0 Å². The lowest BCUT2D eigenvalue weighted by Gasteiger charge is -2.50. The van der Waals surface area contributed by atoms with E-state index in [4.69, 9.17) is 37.9 Å². The highest BCUT2D eigenvalue weighted by atomic mass is 16.7. The highest BCUT2D eigenvalue weighted by Crippen LogP contribution is 2.41. The van der Waals surface area contributed by atoms with Crippen LogP contribution in [0.1, 0.15) is 108 Å². The molecule has 0 aliphatic carbocycles. The summed E-state index contributed by atoms with van der Waals surface area (Å²) >= 11 is 0. The van der Waals surface area contributed by atoms with Gasteiger partial charge < -0.3 is 78.5 Å². The molecular formula is C45H87N3O14. The highest BCUT2D eigenvalue weighted by Gasteiger charge is 2.53. The number of aliphatic hydroxyl groups excluding tert-OH is 3. The molecule has 0 radical (unpaired) electrons. The molecule has 0 spiro atoms. The van der Waals surface area contributed by atoms with Gasteiger partial charge in [0.25, 0.3) is 0 Å². The maximum Gasteiger partial charge on any atom is 0.245 e.